The topological polar surface area (TPSA) is 51.1 Å². The number of ether oxygens (including phenoxy) is 1. The highest BCUT2D eigenvalue weighted by Crippen LogP contribution is 2.26. The van der Waals surface area contributed by atoms with Gasteiger partial charge < -0.3 is 14.2 Å². The summed E-state index contributed by atoms with van der Waals surface area (Å²) in [5.74, 6) is 0.849. The molecule has 0 atom stereocenters. The molecule has 0 fully saturated rings. The molecule has 0 spiro atoms. The van der Waals surface area contributed by atoms with Gasteiger partial charge in [-0.15, -0.1) is 0 Å². The Balaban J connectivity index is 2.07. The molecular formula is C13H12N2O2. The van der Waals surface area contributed by atoms with Gasteiger partial charge in [0, 0.05) is 11.8 Å². The number of aryl methyl sites for hydroxylation is 1. The summed E-state index contributed by atoms with van der Waals surface area (Å²) >= 11 is 0. The number of fused-ring (bicyclic) bond motifs is 1. The van der Waals surface area contributed by atoms with Crippen molar-refractivity contribution in [3.05, 3.63) is 36.0 Å². The Morgan fingerprint density at radius 1 is 1.24 bits per heavy atom. The zero-order valence-corrected chi connectivity index (χ0v) is 9.65. The maximum atomic E-state index is 5.19. The summed E-state index contributed by atoms with van der Waals surface area (Å²) in [5.41, 5.74) is 4.73. The van der Waals surface area contributed by atoms with Crippen molar-refractivity contribution in [2.24, 2.45) is 0 Å². The van der Waals surface area contributed by atoms with Gasteiger partial charge in [0.2, 0.25) is 0 Å². The average Bonchev–Trinajstić information content (AvgIpc) is 2.92. The SMILES string of the molecule is COc1ccc(-c2cc3onc(C)c3[nH]2)cc1. The van der Waals surface area contributed by atoms with E-state index in [1.807, 2.05) is 37.3 Å². The predicted molar refractivity (Wildman–Crippen MR) is 65.1 cm³/mol. The third-order valence-electron chi connectivity index (χ3n) is 2.83. The van der Waals surface area contributed by atoms with Crippen molar-refractivity contribution in [2.45, 2.75) is 6.92 Å². The number of aromatic nitrogens is 2. The van der Waals surface area contributed by atoms with Gasteiger partial charge >= 0.3 is 0 Å². The molecule has 2 heterocycles. The molecule has 3 rings (SSSR count). The Bertz CT molecular complexity index is 650. The van der Waals surface area contributed by atoms with Crippen molar-refractivity contribution in [2.75, 3.05) is 7.11 Å². The number of methoxy groups -OCH3 is 1. The van der Waals surface area contributed by atoms with E-state index in [4.69, 9.17) is 9.26 Å². The summed E-state index contributed by atoms with van der Waals surface area (Å²) in [6.07, 6.45) is 0. The molecule has 0 amide bonds. The van der Waals surface area contributed by atoms with E-state index in [1.54, 1.807) is 7.11 Å². The highest BCUT2D eigenvalue weighted by Gasteiger charge is 2.09. The molecule has 1 aromatic carbocycles. The normalized spacial score (nSPS) is 10.9. The molecule has 3 aromatic rings. The number of nitrogens with zero attached hydrogens (tertiary/aromatic N) is 1. The second-order valence-electron chi connectivity index (χ2n) is 3.92. The minimum atomic E-state index is 0.785. The first-order valence-electron chi connectivity index (χ1n) is 5.37. The van der Waals surface area contributed by atoms with Crippen molar-refractivity contribution >= 4 is 11.1 Å². The molecule has 86 valence electrons. The smallest absolute Gasteiger partial charge is 0.185 e. The van der Waals surface area contributed by atoms with Crippen molar-refractivity contribution in [1.29, 1.82) is 0 Å². The van der Waals surface area contributed by atoms with Crippen LogP contribution in [0.1, 0.15) is 5.69 Å². The predicted octanol–water partition coefficient (Wildman–Crippen LogP) is 3.14. The van der Waals surface area contributed by atoms with Gasteiger partial charge in [-0.05, 0) is 36.8 Å². The number of rotatable bonds is 2. The summed E-state index contributed by atoms with van der Waals surface area (Å²) in [4.78, 5) is 3.30. The van der Waals surface area contributed by atoms with Crippen LogP contribution >= 0.6 is 0 Å². The number of aromatic amines is 1. The Morgan fingerprint density at radius 3 is 2.65 bits per heavy atom. The van der Waals surface area contributed by atoms with Crippen LogP contribution in [-0.2, 0) is 0 Å². The second kappa shape index (κ2) is 3.66. The molecule has 0 bridgehead atoms. The summed E-state index contributed by atoms with van der Waals surface area (Å²) < 4.78 is 10.3. The molecule has 0 radical (unpaired) electrons. The molecule has 0 aliphatic heterocycles. The van der Waals surface area contributed by atoms with Crippen molar-refractivity contribution in [1.82, 2.24) is 10.1 Å². The number of hydrogen-bond donors (Lipinski definition) is 1. The third-order valence-corrected chi connectivity index (χ3v) is 2.83. The van der Waals surface area contributed by atoms with Crippen LogP contribution in [0.3, 0.4) is 0 Å². The number of nitrogens with one attached hydrogen (secondary N) is 1. The fraction of sp³-hybridized carbons (Fsp3) is 0.154. The number of hydrogen-bond acceptors (Lipinski definition) is 3. The summed E-state index contributed by atoms with van der Waals surface area (Å²) in [5, 5.41) is 3.89. The summed E-state index contributed by atoms with van der Waals surface area (Å²) in [7, 11) is 1.66. The molecular weight excluding hydrogens is 216 g/mol. The van der Waals surface area contributed by atoms with Crippen LogP contribution in [0.4, 0.5) is 0 Å². The van der Waals surface area contributed by atoms with Crippen molar-refractivity contribution in [3.8, 4) is 17.0 Å². The maximum Gasteiger partial charge on any atom is 0.185 e. The summed E-state index contributed by atoms with van der Waals surface area (Å²) in [6, 6.07) is 9.84. The molecule has 2 aromatic heterocycles. The monoisotopic (exact) mass is 228 g/mol. The first-order valence-corrected chi connectivity index (χ1v) is 5.37. The molecule has 0 saturated carbocycles. The van der Waals surface area contributed by atoms with Gasteiger partial charge in [0.05, 0.1) is 7.11 Å². The first-order chi connectivity index (χ1) is 8.28. The maximum absolute atomic E-state index is 5.19. The Hall–Kier alpha value is -2.23. The van der Waals surface area contributed by atoms with Crippen LogP contribution in [0.5, 0.6) is 5.75 Å². The number of H-pyrrole nitrogens is 1. The van der Waals surface area contributed by atoms with Crippen LogP contribution in [0, 0.1) is 6.92 Å². The van der Waals surface area contributed by atoms with Crippen LogP contribution in [0.15, 0.2) is 34.9 Å². The zero-order valence-electron chi connectivity index (χ0n) is 9.65. The molecule has 0 unspecified atom stereocenters. The highest BCUT2D eigenvalue weighted by molar-refractivity contribution is 5.82. The average molecular weight is 228 g/mol. The lowest BCUT2D eigenvalue weighted by molar-refractivity contribution is 0.415. The van der Waals surface area contributed by atoms with E-state index >= 15 is 0 Å². The molecule has 0 aliphatic carbocycles. The van der Waals surface area contributed by atoms with Crippen molar-refractivity contribution in [3.63, 3.8) is 0 Å². The fourth-order valence-corrected chi connectivity index (χ4v) is 1.87. The minimum absolute atomic E-state index is 0.785. The van der Waals surface area contributed by atoms with E-state index < -0.39 is 0 Å². The standard InChI is InChI=1S/C13H12N2O2/c1-8-13-12(17-15-8)7-11(14-13)9-3-5-10(16-2)6-4-9/h3-7,14H,1-2H3. The quantitative estimate of drug-likeness (QED) is 0.733. The Kier molecular flexibility index (Phi) is 2.14. The van der Waals surface area contributed by atoms with E-state index in [9.17, 15) is 0 Å². The minimum Gasteiger partial charge on any atom is -0.497 e. The fourth-order valence-electron chi connectivity index (χ4n) is 1.87. The van der Waals surface area contributed by atoms with Gasteiger partial charge in [-0.25, -0.2) is 0 Å². The largest absolute Gasteiger partial charge is 0.497 e. The number of benzene rings is 1. The van der Waals surface area contributed by atoms with E-state index in [-0.39, 0.29) is 0 Å². The molecule has 0 saturated heterocycles. The molecule has 4 heteroatoms. The van der Waals surface area contributed by atoms with E-state index in [0.29, 0.717) is 0 Å². The van der Waals surface area contributed by atoms with E-state index in [0.717, 1.165) is 33.8 Å². The molecule has 0 aliphatic rings. The Morgan fingerprint density at radius 2 is 2.00 bits per heavy atom. The van der Waals surface area contributed by atoms with Gasteiger partial charge in [0.25, 0.3) is 0 Å². The van der Waals surface area contributed by atoms with Gasteiger partial charge in [-0.3, -0.25) is 0 Å². The zero-order chi connectivity index (χ0) is 11.8. The third kappa shape index (κ3) is 1.58. The van der Waals surface area contributed by atoms with Crippen molar-refractivity contribution < 1.29 is 9.26 Å². The molecule has 1 N–H and O–H groups in total. The summed E-state index contributed by atoms with van der Waals surface area (Å²) in [6.45, 7) is 1.92. The lowest BCUT2D eigenvalue weighted by atomic mass is 10.1. The van der Waals surface area contributed by atoms with Gasteiger partial charge in [-0.2, -0.15) is 0 Å². The molecule has 17 heavy (non-hydrogen) atoms. The second-order valence-corrected chi connectivity index (χ2v) is 3.92. The lowest BCUT2D eigenvalue weighted by Crippen LogP contribution is -1.82. The first kappa shape index (κ1) is 9.96. The van der Waals surface area contributed by atoms with Gasteiger partial charge in [0.1, 0.15) is 17.0 Å². The van der Waals surface area contributed by atoms with E-state index in [1.165, 1.54) is 0 Å². The Labute approximate surface area is 98.2 Å². The van der Waals surface area contributed by atoms with Crippen LogP contribution in [0.25, 0.3) is 22.4 Å². The van der Waals surface area contributed by atoms with Gasteiger partial charge in [-0.1, -0.05) is 5.16 Å². The van der Waals surface area contributed by atoms with Gasteiger partial charge in [0.15, 0.2) is 5.58 Å². The lowest BCUT2D eigenvalue weighted by Gasteiger charge is -2.01. The van der Waals surface area contributed by atoms with E-state index in [2.05, 4.69) is 10.1 Å². The highest BCUT2D eigenvalue weighted by atomic mass is 16.5. The van der Waals surface area contributed by atoms with Crippen LogP contribution in [0.2, 0.25) is 0 Å². The molecule has 4 nitrogen and oxygen atoms in total. The van der Waals surface area contributed by atoms with Crippen LogP contribution < -0.4 is 4.74 Å². The van der Waals surface area contributed by atoms with Crippen LogP contribution in [-0.4, -0.2) is 17.3 Å².